The summed E-state index contributed by atoms with van der Waals surface area (Å²) in [5.41, 5.74) is 0. The maximum Gasteiger partial charge on any atom is 1.00 e. The molecule has 3 N–H and O–H groups in total. The Morgan fingerprint density at radius 2 is 1.83 bits per heavy atom. The average Bonchev–Trinajstić information content (AvgIpc) is 1.60. The van der Waals surface area contributed by atoms with Gasteiger partial charge in [-0.2, -0.15) is 0 Å². The normalized spacial score (nSPS) is 12.0. The molecule has 1 atom stereocenters. The molecule has 0 radical (unpaired) electrons. The Morgan fingerprint density at radius 3 is 1.92 bits per heavy atom. The van der Waals surface area contributed by atoms with Crippen LogP contribution < -0.4 is 59.1 Å². The van der Waals surface area contributed by atoms with Gasteiger partial charge < -0.3 is 12.5 Å². The largest absolute Gasteiger partial charge is 1.00 e. The third kappa shape index (κ3) is 11.6. The Balaban J connectivity index is -0.0000000675. The Morgan fingerprint density at radius 1 is 1.50 bits per heavy atom. The first-order valence-electron chi connectivity index (χ1n) is 2.30. The predicted molar refractivity (Wildman–Crippen MR) is 32.0 cm³/mol. The van der Waals surface area contributed by atoms with Crippen LogP contribution in [0.15, 0.2) is 0 Å². The van der Waals surface area contributed by atoms with E-state index in [4.69, 9.17) is 14.9 Å². The summed E-state index contributed by atoms with van der Waals surface area (Å²) in [6, 6.07) is 0. The number of phosphoric ester groups is 1. The van der Waals surface area contributed by atoms with Crippen LogP contribution in [0.1, 0.15) is 9.78 Å². The van der Waals surface area contributed by atoms with Gasteiger partial charge in [-0.05, 0) is 6.92 Å². The zero-order chi connectivity index (χ0) is 8.36. The molecule has 12 heavy (non-hydrogen) atoms. The summed E-state index contributed by atoms with van der Waals surface area (Å²) in [5.74, 6) is -1.34. The van der Waals surface area contributed by atoms with Crippen LogP contribution in [-0.4, -0.2) is 27.0 Å². The fourth-order valence-corrected chi connectivity index (χ4v) is 0.580. The smallest absolute Gasteiger partial charge is 1.00 e. The second kappa shape index (κ2) is 7.94. The van der Waals surface area contributed by atoms with Crippen molar-refractivity contribution in [3.05, 3.63) is 0 Å². The zero-order valence-corrected chi connectivity index (χ0v) is 12.0. The third-order valence-electron chi connectivity index (χ3n) is 0.550. The van der Waals surface area contributed by atoms with Crippen LogP contribution in [0.25, 0.3) is 0 Å². The molecule has 0 heterocycles. The van der Waals surface area contributed by atoms with Crippen molar-refractivity contribution in [3.8, 4) is 0 Å². The molecule has 0 bridgehead atoms. The van der Waals surface area contributed by atoms with Gasteiger partial charge in [0.25, 0.3) is 0 Å². The molecule has 0 aromatic heterocycles. The Hall–Kier alpha value is 1.58. The monoisotopic (exact) mass is 218 g/mol. The number of carbonyl (C=O) groups is 1. The van der Waals surface area contributed by atoms with Crippen molar-refractivity contribution >= 4 is 13.8 Å². The number of aliphatic hydroxyl groups is 1. The third-order valence-corrected chi connectivity index (χ3v) is 0.968. The van der Waals surface area contributed by atoms with Crippen LogP contribution in [0.2, 0.25) is 0 Å². The maximum atomic E-state index is 10.2. The molecule has 0 aliphatic heterocycles. The van der Waals surface area contributed by atoms with E-state index in [1.165, 1.54) is 0 Å². The van der Waals surface area contributed by atoms with E-state index in [0.717, 1.165) is 6.92 Å². The molecule has 64 valence electrons. The van der Waals surface area contributed by atoms with E-state index in [1.54, 1.807) is 0 Å². The van der Waals surface area contributed by atoms with Crippen LogP contribution >= 0.6 is 7.82 Å². The van der Waals surface area contributed by atoms with E-state index in [9.17, 15) is 9.36 Å². The van der Waals surface area contributed by atoms with E-state index in [1.807, 2.05) is 0 Å². The van der Waals surface area contributed by atoms with E-state index < -0.39 is 19.9 Å². The molecule has 1 unspecified atom stereocenters. The van der Waals surface area contributed by atoms with Gasteiger partial charge in [-0.15, -0.1) is 0 Å². The molecule has 9 heteroatoms. The summed E-state index contributed by atoms with van der Waals surface area (Å²) < 4.78 is 13.4. The average molecular weight is 218 g/mol. The summed E-state index contributed by atoms with van der Waals surface area (Å²) in [6.07, 6.45) is -1.52. The van der Waals surface area contributed by atoms with Gasteiger partial charge in [0.15, 0.2) is 0 Å². The Bertz CT molecular complexity index is 184. The van der Waals surface area contributed by atoms with E-state index in [-0.39, 0.29) is 62.0 Å². The van der Waals surface area contributed by atoms with Crippen LogP contribution in [0.4, 0.5) is 0 Å². The van der Waals surface area contributed by atoms with Crippen LogP contribution in [0.3, 0.4) is 0 Å². The van der Waals surface area contributed by atoms with Gasteiger partial charge in [-0.1, -0.05) is 0 Å². The first-order valence-corrected chi connectivity index (χ1v) is 3.83. The van der Waals surface area contributed by atoms with Crippen molar-refractivity contribution in [2.75, 3.05) is 0 Å². The van der Waals surface area contributed by atoms with Crippen LogP contribution in [0.5, 0.6) is 0 Å². The second-order valence-corrected chi connectivity index (χ2v) is 2.74. The van der Waals surface area contributed by atoms with Crippen molar-refractivity contribution in [2.45, 2.75) is 13.0 Å². The van der Waals surface area contributed by atoms with Crippen LogP contribution in [0, 0.1) is 0 Å². The zero-order valence-electron chi connectivity index (χ0n) is 9.09. The number of rotatable bonds is 2. The van der Waals surface area contributed by atoms with Crippen molar-refractivity contribution in [2.24, 2.45) is 0 Å². The van der Waals surface area contributed by atoms with Gasteiger partial charge in [-0.3, -0.25) is 9.79 Å². The number of aliphatic hydroxyl groups excluding tert-OH is 1. The quantitative estimate of drug-likeness (QED) is 0.314. The summed E-state index contributed by atoms with van der Waals surface area (Å²) in [4.78, 5) is 26.2. The van der Waals surface area contributed by atoms with E-state index >= 15 is 0 Å². The molecule has 0 saturated heterocycles. The minimum Gasteiger partial charge on any atom is -1.00 e. The van der Waals surface area contributed by atoms with Gasteiger partial charge in [0.1, 0.15) is 6.10 Å². The van der Waals surface area contributed by atoms with E-state index in [0.29, 0.717) is 0 Å². The van der Waals surface area contributed by atoms with Gasteiger partial charge in [0.05, 0.1) is 0 Å². The minimum atomic E-state index is -4.79. The standard InChI is InChI=1S/C3H7O6P.2Na.2H/c1-2(4)3(5)9-10(6,7)8;;;;/h2,4H,1H3,(H2,6,7,8);;;;/q;2*+1;2*-1. The van der Waals surface area contributed by atoms with Gasteiger partial charge in [0.2, 0.25) is 0 Å². The summed E-state index contributed by atoms with van der Waals surface area (Å²) in [6.45, 7) is 1.04. The molecule has 0 aliphatic rings. The predicted octanol–water partition coefficient (Wildman–Crippen LogP) is -6.76. The maximum absolute atomic E-state index is 10.2. The topological polar surface area (TPSA) is 104 Å². The molecular weight excluding hydrogens is 209 g/mol. The molecule has 0 saturated carbocycles. The first-order chi connectivity index (χ1) is 4.33. The van der Waals surface area contributed by atoms with Crippen molar-refractivity contribution < 1.29 is 90.7 Å². The number of phosphoric acid groups is 1. The van der Waals surface area contributed by atoms with Gasteiger partial charge in [0, 0.05) is 0 Å². The number of hydrogen-bond acceptors (Lipinski definition) is 4. The number of hydrogen-bond donors (Lipinski definition) is 3. The summed E-state index contributed by atoms with van der Waals surface area (Å²) >= 11 is 0. The molecule has 0 fully saturated rings. The molecule has 0 aromatic carbocycles. The summed E-state index contributed by atoms with van der Waals surface area (Å²) in [7, 11) is -4.79. The Kier molecular flexibility index (Phi) is 12.7. The van der Waals surface area contributed by atoms with Crippen LogP contribution in [-0.2, 0) is 13.9 Å². The van der Waals surface area contributed by atoms with E-state index in [2.05, 4.69) is 4.52 Å². The van der Waals surface area contributed by atoms with Crippen molar-refractivity contribution in [3.63, 3.8) is 0 Å². The molecule has 0 spiro atoms. The number of carbonyl (C=O) groups excluding carboxylic acids is 1. The molecule has 0 rings (SSSR count). The van der Waals surface area contributed by atoms with Crippen molar-refractivity contribution in [1.82, 2.24) is 0 Å². The molecule has 0 amide bonds. The molecule has 6 nitrogen and oxygen atoms in total. The van der Waals surface area contributed by atoms with Gasteiger partial charge in [-0.25, -0.2) is 9.36 Å². The first kappa shape index (κ1) is 19.2. The summed E-state index contributed by atoms with van der Waals surface area (Å²) in [5, 5.41) is 8.37. The fraction of sp³-hybridized carbons (Fsp3) is 0.667. The SMILES string of the molecule is CC(O)C(=O)OP(=O)(O)O.[H-].[H-].[Na+].[Na+]. The minimum absolute atomic E-state index is 0. The van der Waals surface area contributed by atoms with Gasteiger partial charge >= 0.3 is 72.9 Å². The molecular formula is C3H9Na2O6P. The molecule has 0 aliphatic carbocycles. The van der Waals surface area contributed by atoms with Crippen molar-refractivity contribution in [1.29, 1.82) is 0 Å². The molecule has 0 aromatic rings. The Labute approximate surface area is 116 Å². The second-order valence-electron chi connectivity index (χ2n) is 1.58. The fourth-order valence-electron chi connectivity index (χ4n) is 0.193.